The molecular formula is C19H26O3. The van der Waals surface area contributed by atoms with Crippen LogP contribution in [0, 0.1) is 28.6 Å². The van der Waals surface area contributed by atoms with Gasteiger partial charge in [-0.05, 0) is 47.5 Å². The second-order valence-electron chi connectivity index (χ2n) is 7.93. The van der Waals surface area contributed by atoms with E-state index in [9.17, 15) is 15.0 Å². The lowest BCUT2D eigenvalue weighted by Crippen LogP contribution is -2.38. The summed E-state index contributed by atoms with van der Waals surface area (Å²) >= 11 is 0. The first-order valence-electron chi connectivity index (χ1n) is 8.25. The average molecular weight is 302 g/mol. The predicted octanol–water partition coefficient (Wildman–Crippen LogP) is 3.88. The molecule has 3 nitrogen and oxygen atoms in total. The number of carboxylic acids is 1. The third-order valence-corrected chi connectivity index (χ3v) is 6.95. The molecule has 22 heavy (non-hydrogen) atoms. The van der Waals surface area contributed by atoms with Gasteiger partial charge in [0.05, 0.1) is 12.0 Å². The number of carboxylic acid groups (broad SMARTS) is 1. The van der Waals surface area contributed by atoms with E-state index in [1.54, 1.807) is 0 Å². The van der Waals surface area contributed by atoms with Gasteiger partial charge in [0.15, 0.2) is 0 Å². The largest absolute Gasteiger partial charge is 0.481 e. The van der Waals surface area contributed by atoms with Crippen molar-refractivity contribution >= 4 is 5.97 Å². The van der Waals surface area contributed by atoms with Gasteiger partial charge in [0.2, 0.25) is 0 Å². The summed E-state index contributed by atoms with van der Waals surface area (Å²) in [6.07, 6.45) is 2.04. The van der Waals surface area contributed by atoms with E-state index in [1.807, 2.05) is 30.3 Å². The fraction of sp³-hybridized carbons (Fsp3) is 0.632. The Labute approximate surface area is 132 Å². The van der Waals surface area contributed by atoms with Crippen LogP contribution in [-0.4, -0.2) is 16.2 Å². The van der Waals surface area contributed by atoms with Crippen LogP contribution in [0.3, 0.4) is 0 Å². The lowest BCUT2D eigenvalue weighted by molar-refractivity contribution is -0.149. The molecular weight excluding hydrogens is 276 g/mol. The number of aliphatic carboxylic acids is 1. The Bertz CT molecular complexity index is 565. The molecule has 0 aliphatic heterocycles. The van der Waals surface area contributed by atoms with Crippen molar-refractivity contribution in [2.24, 2.45) is 28.6 Å². The van der Waals surface area contributed by atoms with Gasteiger partial charge in [0.25, 0.3) is 0 Å². The van der Waals surface area contributed by atoms with Crippen molar-refractivity contribution in [3.05, 3.63) is 35.9 Å². The average Bonchev–Trinajstić information content (AvgIpc) is 2.78. The first-order valence-corrected chi connectivity index (χ1v) is 8.25. The fourth-order valence-electron chi connectivity index (χ4n) is 5.40. The number of fused-ring (bicyclic) bond motifs is 2. The maximum atomic E-state index is 11.9. The van der Waals surface area contributed by atoms with E-state index in [0.29, 0.717) is 12.3 Å². The Balaban J connectivity index is 1.88. The van der Waals surface area contributed by atoms with Gasteiger partial charge in [-0.25, -0.2) is 0 Å². The highest BCUT2D eigenvalue weighted by Gasteiger charge is 2.68. The molecule has 120 valence electrons. The summed E-state index contributed by atoms with van der Waals surface area (Å²) < 4.78 is 0. The molecule has 0 aromatic heterocycles. The first kappa shape index (κ1) is 15.5. The van der Waals surface area contributed by atoms with E-state index < -0.39 is 12.1 Å². The molecule has 2 aliphatic rings. The summed E-state index contributed by atoms with van der Waals surface area (Å²) in [5.41, 5.74) is 0.749. The Kier molecular flexibility index (Phi) is 3.59. The number of aliphatic hydroxyl groups excluding tert-OH is 1. The van der Waals surface area contributed by atoms with Crippen molar-refractivity contribution in [2.45, 2.75) is 46.1 Å². The van der Waals surface area contributed by atoms with Gasteiger partial charge in [-0.15, -0.1) is 0 Å². The summed E-state index contributed by atoms with van der Waals surface area (Å²) in [7, 11) is 0. The molecule has 0 radical (unpaired) electrons. The minimum absolute atomic E-state index is 0.0249. The van der Waals surface area contributed by atoms with Gasteiger partial charge in [-0.2, -0.15) is 0 Å². The fourth-order valence-corrected chi connectivity index (χ4v) is 5.40. The summed E-state index contributed by atoms with van der Waals surface area (Å²) in [6, 6.07) is 9.59. The van der Waals surface area contributed by atoms with Crippen molar-refractivity contribution in [3.63, 3.8) is 0 Å². The zero-order chi connectivity index (χ0) is 16.1. The Morgan fingerprint density at radius 3 is 2.50 bits per heavy atom. The molecule has 2 fully saturated rings. The normalized spacial score (nSPS) is 37.2. The molecule has 2 saturated carbocycles. The summed E-state index contributed by atoms with van der Waals surface area (Å²) in [4.78, 5) is 11.9. The molecule has 0 saturated heterocycles. The molecule has 1 aromatic carbocycles. The van der Waals surface area contributed by atoms with Crippen molar-refractivity contribution in [1.29, 1.82) is 0 Å². The molecule has 5 atom stereocenters. The zero-order valence-electron chi connectivity index (χ0n) is 13.6. The van der Waals surface area contributed by atoms with Gasteiger partial charge in [0, 0.05) is 0 Å². The van der Waals surface area contributed by atoms with Gasteiger partial charge >= 0.3 is 5.97 Å². The predicted molar refractivity (Wildman–Crippen MR) is 85.2 cm³/mol. The van der Waals surface area contributed by atoms with Crippen LogP contribution in [0.2, 0.25) is 0 Å². The van der Waals surface area contributed by atoms with Crippen LogP contribution >= 0.6 is 0 Å². The van der Waals surface area contributed by atoms with Crippen LogP contribution < -0.4 is 0 Å². The number of rotatable bonds is 4. The molecule has 0 unspecified atom stereocenters. The highest BCUT2D eigenvalue weighted by atomic mass is 16.4. The number of hydrogen-bond donors (Lipinski definition) is 2. The SMILES string of the molecule is CC1(C)[C@H]2CC[C@]1(C)[C@H](C(=O)O)[C@@H]2C[C@H](O)c1ccccc1. The van der Waals surface area contributed by atoms with E-state index >= 15 is 0 Å². The van der Waals surface area contributed by atoms with Crippen LogP contribution in [0.5, 0.6) is 0 Å². The highest BCUT2D eigenvalue weighted by molar-refractivity contribution is 5.73. The molecule has 0 amide bonds. The summed E-state index contributed by atoms with van der Waals surface area (Å²) in [6.45, 7) is 6.58. The lowest BCUT2D eigenvalue weighted by atomic mass is 9.65. The Hall–Kier alpha value is -1.35. The van der Waals surface area contributed by atoms with E-state index in [-0.39, 0.29) is 22.7 Å². The smallest absolute Gasteiger partial charge is 0.307 e. The van der Waals surface area contributed by atoms with E-state index in [4.69, 9.17) is 0 Å². The molecule has 3 heteroatoms. The number of carbonyl (C=O) groups is 1. The maximum absolute atomic E-state index is 11.9. The van der Waals surface area contributed by atoms with Crippen molar-refractivity contribution in [1.82, 2.24) is 0 Å². The molecule has 2 bridgehead atoms. The van der Waals surface area contributed by atoms with Crippen molar-refractivity contribution < 1.29 is 15.0 Å². The van der Waals surface area contributed by atoms with E-state index in [0.717, 1.165) is 18.4 Å². The van der Waals surface area contributed by atoms with Crippen LogP contribution in [-0.2, 0) is 4.79 Å². The minimum atomic E-state index is -0.692. The van der Waals surface area contributed by atoms with Gasteiger partial charge < -0.3 is 10.2 Å². The Morgan fingerprint density at radius 2 is 1.91 bits per heavy atom. The maximum Gasteiger partial charge on any atom is 0.307 e. The second-order valence-corrected chi connectivity index (χ2v) is 7.93. The van der Waals surface area contributed by atoms with Gasteiger partial charge in [-0.3, -0.25) is 4.79 Å². The van der Waals surface area contributed by atoms with Crippen LogP contribution in [0.4, 0.5) is 0 Å². The third kappa shape index (κ3) is 2.02. The zero-order valence-corrected chi connectivity index (χ0v) is 13.6. The lowest BCUT2D eigenvalue weighted by Gasteiger charge is -2.38. The van der Waals surface area contributed by atoms with Gasteiger partial charge in [0.1, 0.15) is 0 Å². The standard InChI is InChI=1S/C19H26O3/c1-18(2)14-9-10-19(18,3)16(17(21)22)13(14)11-15(20)12-7-5-4-6-8-12/h4-8,13-16,20H,9-11H2,1-3H3,(H,21,22)/t13-,14+,15+,16+,19-/m1/s1. The van der Waals surface area contributed by atoms with Crippen molar-refractivity contribution in [3.8, 4) is 0 Å². The van der Waals surface area contributed by atoms with Crippen LogP contribution in [0.25, 0.3) is 0 Å². The molecule has 0 spiro atoms. The molecule has 2 N–H and O–H groups in total. The number of hydrogen-bond acceptors (Lipinski definition) is 2. The third-order valence-electron chi connectivity index (χ3n) is 6.95. The Morgan fingerprint density at radius 1 is 1.27 bits per heavy atom. The van der Waals surface area contributed by atoms with Crippen LogP contribution in [0.15, 0.2) is 30.3 Å². The minimum Gasteiger partial charge on any atom is -0.481 e. The van der Waals surface area contributed by atoms with Gasteiger partial charge in [-0.1, -0.05) is 51.1 Å². The van der Waals surface area contributed by atoms with Crippen molar-refractivity contribution in [2.75, 3.05) is 0 Å². The topological polar surface area (TPSA) is 57.5 Å². The quantitative estimate of drug-likeness (QED) is 0.887. The summed E-state index contributed by atoms with van der Waals surface area (Å²) in [5, 5.41) is 20.4. The van der Waals surface area contributed by atoms with E-state index in [2.05, 4.69) is 20.8 Å². The number of aliphatic hydroxyl groups is 1. The van der Waals surface area contributed by atoms with E-state index in [1.165, 1.54) is 0 Å². The molecule has 1 aromatic rings. The molecule has 3 rings (SSSR count). The number of benzene rings is 1. The molecule has 2 aliphatic carbocycles. The monoisotopic (exact) mass is 302 g/mol. The highest BCUT2D eigenvalue weighted by Crippen LogP contribution is 2.71. The van der Waals surface area contributed by atoms with Crippen LogP contribution in [0.1, 0.15) is 51.7 Å². The summed E-state index contributed by atoms with van der Waals surface area (Å²) in [5.74, 6) is -0.596. The molecule has 0 heterocycles. The first-order chi connectivity index (χ1) is 10.3. The second kappa shape index (κ2) is 5.09.